The minimum absolute atomic E-state index is 0.0358. The number of para-hydroxylation sites is 1. The number of nitrogens with one attached hydrogen (secondary N) is 4. The second-order valence-electron chi connectivity index (χ2n) is 6.49. The largest absolute Gasteiger partial charge is 0.326 e. The van der Waals surface area contributed by atoms with Crippen LogP contribution in [0, 0.1) is 12.8 Å². The number of rotatable bonds is 4. The zero-order valence-corrected chi connectivity index (χ0v) is 14.8. The van der Waals surface area contributed by atoms with E-state index in [4.69, 9.17) is 0 Å². The van der Waals surface area contributed by atoms with E-state index in [0.717, 1.165) is 42.9 Å². The van der Waals surface area contributed by atoms with Crippen LogP contribution in [0.25, 0.3) is 0 Å². The zero-order chi connectivity index (χ0) is 18.4. The van der Waals surface area contributed by atoms with Crippen molar-refractivity contribution < 1.29 is 9.59 Å². The molecule has 136 valence electrons. The molecule has 2 aromatic rings. The minimum atomic E-state index is -0.323. The van der Waals surface area contributed by atoms with Gasteiger partial charge >= 0.3 is 6.03 Å². The topological polar surface area (TPSA) is 82.3 Å². The molecule has 6 nitrogen and oxygen atoms in total. The van der Waals surface area contributed by atoms with E-state index in [0.29, 0.717) is 5.69 Å². The molecular weight excluding hydrogens is 328 g/mol. The molecule has 0 radical (unpaired) electrons. The highest BCUT2D eigenvalue weighted by Gasteiger charge is 2.21. The smallest absolute Gasteiger partial charge is 0.323 e. The summed E-state index contributed by atoms with van der Waals surface area (Å²) in [6.45, 7) is 3.68. The molecule has 4 N–H and O–H groups in total. The normalized spacial score (nSPS) is 14.5. The first-order valence-corrected chi connectivity index (χ1v) is 8.87. The lowest BCUT2D eigenvalue weighted by molar-refractivity contribution is -0.120. The van der Waals surface area contributed by atoms with E-state index in [2.05, 4.69) is 21.3 Å². The SMILES string of the molecule is Cc1ccc(NC(=O)Nc2ccccc2)cc1NC(=O)C1CCNCC1. The van der Waals surface area contributed by atoms with Crippen molar-refractivity contribution in [3.05, 3.63) is 54.1 Å². The van der Waals surface area contributed by atoms with Gasteiger partial charge in [0.2, 0.25) is 5.91 Å². The summed E-state index contributed by atoms with van der Waals surface area (Å²) in [5, 5.41) is 11.8. The van der Waals surface area contributed by atoms with Crippen LogP contribution < -0.4 is 21.3 Å². The quantitative estimate of drug-likeness (QED) is 0.679. The molecule has 1 saturated heterocycles. The number of carbonyl (C=O) groups is 2. The van der Waals surface area contributed by atoms with Gasteiger partial charge in [-0.05, 0) is 62.7 Å². The summed E-state index contributed by atoms with van der Waals surface area (Å²) >= 11 is 0. The Morgan fingerprint density at radius 1 is 0.923 bits per heavy atom. The molecule has 3 rings (SSSR count). The van der Waals surface area contributed by atoms with Crippen LogP contribution in [0.5, 0.6) is 0 Å². The molecular formula is C20H24N4O2. The summed E-state index contributed by atoms with van der Waals surface area (Å²) in [5.74, 6) is 0.0779. The van der Waals surface area contributed by atoms with Gasteiger partial charge in [-0.2, -0.15) is 0 Å². The minimum Gasteiger partial charge on any atom is -0.326 e. The van der Waals surface area contributed by atoms with Crippen molar-refractivity contribution >= 4 is 29.0 Å². The Hall–Kier alpha value is -2.86. The lowest BCUT2D eigenvalue weighted by Gasteiger charge is -2.22. The highest BCUT2D eigenvalue weighted by molar-refractivity contribution is 6.00. The zero-order valence-electron chi connectivity index (χ0n) is 14.8. The van der Waals surface area contributed by atoms with Crippen LogP contribution in [-0.2, 0) is 4.79 Å². The third-order valence-electron chi connectivity index (χ3n) is 4.49. The lowest BCUT2D eigenvalue weighted by Crippen LogP contribution is -2.34. The Morgan fingerprint density at radius 2 is 1.62 bits per heavy atom. The number of urea groups is 1. The van der Waals surface area contributed by atoms with E-state index in [-0.39, 0.29) is 17.9 Å². The Morgan fingerprint density at radius 3 is 2.35 bits per heavy atom. The molecule has 1 heterocycles. The van der Waals surface area contributed by atoms with E-state index in [9.17, 15) is 9.59 Å². The van der Waals surface area contributed by atoms with Gasteiger partial charge in [0.1, 0.15) is 0 Å². The predicted molar refractivity (Wildman–Crippen MR) is 104 cm³/mol. The fourth-order valence-electron chi connectivity index (χ4n) is 2.97. The number of hydrogen-bond donors (Lipinski definition) is 4. The maximum atomic E-state index is 12.5. The number of aryl methyl sites for hydroxylation is 1. The summed E-state index contributed by atoms with van der Waals surface area (Å²) in [7, 11) is 0. The summed E-state index contributed by atoms with van der Waals surface area (Å²) in [6.07, 6.45) is 1.70. The van der Waals surface area contributed by atoms with E-state index >= 15 is 0 Å². The van der Waals surface area contributed by atoms with Gasteiger partial charge in [-0.25, -0.2) is 4.79 Å². The molecule has 0 aromatic heterocycles. The molecule has 0 aliphatic carbocycles. The number of anilines is 3. The second-order valence-corrected chi connectivity index (χ2v) is 6.49. The van der Waals surface area contributed by atoms with Gasteiger partial charge in [0, 0.05) is 23.0 Å². The van der Waals surface area contributed by atoms with E-state index < -0.39 is 0 Å². The average molecular weight is 352 g/mol. The molecule has 0 atom stereocenters. The first kappa shape index (κ1) is 17.9. The van der Waals surface area contributed by atoms with Gasteiger partial charge in [0.05, 0.1) is 0 Å². The van der Waals surface area contributed by atoms with Crippen molar-refractivity contribution in [3.63, 3.8) is 0 Å². The van der Waals surface area contributed by atoms with Gasteiger partial charge in [-0.15, -0.1) is 0 Å². The van der Waals surface area contributed by atoms with Crippen molar-refractivity contribution in [1.82, 2.24) is 5.32 Å². The van der Waals surface area contributed by atoms with Crippen LogP contribution in [0.1, 0.15) is 18.4 Å². The molecule has 1 fully saturated rings. The van der Waals surface area contributed by atoms with Crippen molar-refractivity contribution in [1.29, 1.82) is 0 Å². The number of hydrogen-bond acceptors (Lipinski definition) is 3. The summed E-state index contributed by atoms with van der Waals surface area (Å²) in [4.78, 5) is 24.6. The second kappa shape index (κ2) is 8.49. The first-order chi connectivity index (χ1) is 12.6. The van der Waals surface area contributed by atoms with Crippen LogP contribution in [0.2, 0.25) is 0 Å². The van der Waals surface area contributed by atoms with Crippen molar-refractivity contribution in [2.75, 3.05) is 29.0 Å². The Kier molecular flexibility index (Phi) is 5.86. The fourth-order valence-corrected chi connectivity index (χ4v) is 2.97. The van der Waals surface area contributed by atoms with Gasteiger partial charge in [-0.3, -0.25) is 4.79 Å². The fraction of sp³-hybridized carbons (Fsp3) is 0.300. The van der Waals surface area contributed by atoms with Gasteiger partial charge in [-0.1, -0.05) is 24.3 Å². The van der Waals surface area contributed by atoms with Crippen LogP contribution in [0.4, 0.5) is 21.9 Å². The Bertz CT molecular complexity index is 771. The molecule has 1 aliphatic heterocycles. The monoisotopic (exact) mass is 352 g/mol. The van der Waals surface area contributed by atoms with Crippen LogP contribution in [-0.4, -0.2) is 25.0 Å². The molecule has 0 spiro atoms. The van der Waals surface area contributed by atoms with Crippen molar-refractivity contribution in [2.24, 2.45) is 5.92 Å². The van der Waals surface area contributed by atoms with E-state index in [1.807, 2.05) is 49.4 Å². The maximum Gasteiger partial charge on any atom is 0.323 e. The van der Waals surface area contributed by atoms with Crippen LogP contribution in [0.15, 0.2) is 48.5 Å². The van der Waals surface area contributed by atoms with Crippen LogP contribution in [0.3, 0.4) is 0 Å². The third-order valence-corrected chi connectivity index (χ3v) is 4.49. The molecule has 3 amide bonds. The molecule has 0 unspecified atom stereocenters. The standard InChI is InChI=1S/C20H24N4O2/c1-14-7-8-17(23-20(26)22-16-5-3-2-4-6-16)13-18(14)24-19(25)15-9-11-21-12-10-15/h2-8,13,15,21H,9-12H2,1H3,(H,24,25)(H2,22,23,26). The average Bonchev–Trinajstić information content (AvgIpc) is 2.66. The summed E-state index contributed by atoms with van der Waals surface area (Å²) in [5.41, 5.74) is 3.04. The summed E-state index contributed by atoms with van der Waals surface area (Å²) in [6, 6.07) is 14.4. The predicted octanol–water partition coefficient (Wildman–Crippen LogP) is 3.58. The third kappa shape index (κ3) is 4.83. The van der Waals surface area contributed by atoms with Crippen molar-refractivity contribution in [3.8, 4) is 0 Å². The first-order valence-electron chi connectivity index (χ1n) is 8.87. The van der Waals surface area contributed by atoms with Crippen molar-refractivity contribution in [2.45, 2.75) is 19.8 Å². The molecule has 6 heteroatoms. The van der Waals surface area contributed by atoms with Gasteiger partial charge in [0.25, 0.3) is 0 Å². The number of carbonyl (C=O) groups excluding carboxylic acids is 2. The number of piperidine rings is 1. The highest BCUT2D eigenvalue weighted by atomic mass is 16.2. The molecule has 2 aromatic carbocycles. The summed E-state index contributed by atoms with van der Waals surface area (Å²) < 4.78 is 0. The van der Waals surface area contributed by atoms with E-state index in [1.54, 1.807) is 6.07 Å². The van der Waals surface area contributed by atoms with Gasteiger partial charge < -0.3 is 21.3 Å². The van der Waals surface area contributed by atoms with E-state index in [1.165, 1.54) is 0 Å². The Labute approximate surface area is 153 Å². The highest BCUT2D eigenvalue weighted by Crippen LogP contribution is 2.23. The maximum absolute atomic E-state index is 12.5. The lowest BCUT2D eigenvalue weighted by atomic mass is 9.97. The Balaban J connectivity index is 1.63. The molecule has 0 saturated carbocycles. The molecule has 0 bridgehead atoms. The molecule has 1 aliphatic rings. The molecule has 26 heavy (non-hydrogen) atoms. The number of benzene rings is 2. The van der Waals surface area contributed by atoms with Gasteiger partial charge in [0.15, 0.2) is 0 Å². The number of amides is 3. The van der Waals surface area contributed by atoms with Crippen LogP contribution >= 0.6 is 0 Å².